The summed E-state index contributed by atoms with van der Waals surface area (Å²) in [7, 11) is 0. The quantitative estimate of drug-likeness (QED) is 0.617. The Morgan fingerprint density at radius 3 is 2.65 bits per heavy atom. The number of carbonyl (C=O) groups is 2. The first kappa shape index (κ1) is 19.5. The van der Waals surface area contributed by atoms with Crippen molar-refractivity contribution < 1.29 is 9.59 Å². The molecule has 0 radical (unpaired) electrons. The summed E-state index contributed by atoms with van der Waals surface area (Å²) in [5.41, 5.74) is 2.01. The lowest BCUT2D eigenvalue weighted by molar-refractivity contribution is -0.122. The van der Waals surface area contributed by atoms with Gasteiger partial charge in [0.25, 0.3) is 0 Å². The molecule has 1 fully saturated rings. The van der Waals surface area contributed by atoms with Gasteiger partial charge in [-0.15, -0.1) is 0 Å². The maximum absolute atomic E-state index is 12.6. The second kappa shape index (κ2) is 7.77. The van der Waals surface area contributed by atoms with E-state index < -0.39 is 5.92 Å². The zero-order valence-corrected chi connectivity index (χ0v) is 17.5. The van der Waals surface area contributed by atoms with Crippen molar-refractivity contribution in [2.75, 3.05) is 16.8 Å². The van der Waals surface area contributed by atoms with Gasteiger partial charge in [0.2, 0.25) is 11.8 Å². The fraction of sp³-hybridized carbons (Fsp3) is 0.222. The SMILES string of the molecule is Cc1cc(Br)c(Cl)cc1NC(=O)[C@H]1CC(=O)N(c2cc(Cl)ccc2Cl)C1. The minimum atomic E-state index is -0.487. The molecule has 1 N–H and O–H groups in total. The molecule has 1 aliphatic rings. The molecule has 1 aliphatic heterocycles. The van der Waals surface area contributed by atoms with E-state index in [2.05, 4.69) is 21.2 Å². The summed E-state index contributed by atoms with van der Waals surface area (Å²) in [5, 5.41) is 4.25. The molecule has 2 aromatic rings. The molecule has 0 aliphatic carbocycles. The third-order valence-corrected chi connectivity index (χ3v) is 5.97. The van der Waals surface area contributed by atoms with Crippen LogP contribution in [0.25, 0.3) is 0 Å². The van der Waals surface area contributed by atoms with E-state index in [1.54, 1.807) is 24.3 Å². The molecule has 3 rings (SSSR count). The Bertz CT molecular complexity index is 904. The van der Waals surface area contributed by atoms with E-state index in [0.717, 1.165) is 10.0 Å². The van der Waals surface area contributed by atoms with E-state index in [-0.39, 0.29) is 24.8 Å². The van der Waals surface area contributed by atoms with Crippen LogP contribution < -0.4 is 10.2 Å². The summed E-state index contributed by atoms with van der Waals surface area (Å²) >= 11 is 21.6. The highest BCUT2D eigenvalue weighted by Crippen LogP contribution is 2.34. The Morgan fingerprint density at radius 1 is 1.19 bits per heavy atom. The molecule has 136 valence electrons. The molecule has 0 spiro atoms. The lowest BCUT2D eigenvalue weighted by Gasteiger charge is -2.18. The third-order valence-electron chi connectivity index (χ3n) is 4.22. The second-order valence-corrected chi connectivity index (χ2v) is 8.18. The number of carbonyl (C=O) groups excluding carboxylic acids is 2. The highest BCUT2D eigenvalue weighted by atomic mass is 79.9. The molecule has 0 aromatic heterocycles. The van der Waals surface area contributed by atoms with Crippen LogP contribution in [0.2, 0.25) is 15.1 Å². The first-order chi connectivity index (χ1) is 12.3. The van der Waals surface area contributed by atoms with Crippen LogP contribution in [-0.4, -0.2) is 18.4 Å². The highest BCUT2D eigenvalue weighted by molar-refractivity contribution is 9.10. The maximum atomic E-state index is 12.6. The number of aryl methyl sites for hydroxylation is 1. The Morgan fingerprint density at radius 2 is 1.92 bits per heavy atom. The molecular formula is C18H14BrCl3N2O2. The topological polar surface area (TPSA) is 49.4 Å². The molecule has 1 saturated heterocycles. The third kappa shape index (κ3) is 4.01. The van der Waals surface area contributed by atoms with E-state index in [4.69, 9.17) is 34.8 Å². The fourth-order valence-electron chi connectivity index (χ4n) is 2.82. The maximum Gasteiger partial charge on any atom is 0.229 e. The number of nitrogens with one attached hydrogen (secondary N) is 1. The van der Waals surface area contributed by atoms with Gasteiger partial charge in [0.05, 0.1) is 21.7 Å². The van der Waals surface area contributed by atoms with E-state index in [0.29, 0.717) is 26.4 Å². The van der Waals surface area contributed by atoms with Crippen molar-refractivity contribution >= 4 is 73.9 Å². The van der Waals surface area contributed by atoms with E-state index in [1.807, 2.05) is 13.0 Å². The molecule has 0 saturated carbocycles. The first-order valence-corrected chi connectivity index (χ1v) is 9.71. The smallest absolute Gasteiger partial charge is 0.229 e. The largest absolute Gasteiger partial charge is 0.325 e. The normalized spacial score (nSPS) is 16.9. The minimum absolute atomic E-state index is 0.109. The fourth-order valence-corrected chi connectivity index (χ4v) is 3.83. The Labute approximate surface area is 174 Å². The van der Waals surface area contributed by atoms with Crippen molar-refractivity contribution in [3.8, 4) is 0 Å². The molecule has 2 aromatic carbocycles. The van der Waals surface area contributed by atoms with Gasteiger partial charge in [-0.3, -0.25) is 9.59 Å². The van der Waals surface area contributed by atoms with Crippen molar-refractivity contribution in [3.05, 3.63) is 55.4 Å². The highest BCUT2D eigenvalue weighted by Gasteiger charge is 2.36. The average Bonchev–Trinajstić information content (AvgIpc) is 2.96. The molecule has 2 amide bonds. The van der Waals surface area contributed by atoms with Crippen LogP contribution >= 0.6 is 50.7 Å². The van der Waals surface area contributed by atoms with Crippen LogP contribution in [0.3, 0.4) is 0 Å². The zero-order valence-electron chi connectivity index (χ0n) is 13.7. The van der Waals surface area contributed by atoms with Gasteiger partial charge in [-0.25, -0.2) is 0 Å². The standard InChI is InChI=1S/C18H14BrCl3N2O2/c1-9-4-12(19)14(22)7-15(9)23-18(26)10-5-17(25)24(8-10)16-6-11(20)2-3-13(16)21/h2-4,6-7,10H,5,8H2,1H3,(H,23,26)/t10-/m0/s1. The molecule has 1 atom stereocenters. The Hall–Kier alpha value is -1.27. The van der Waals surface area contributed by atoms with Crippen LogP contribution in [0.4, 0.5) is 11.4 Å². The number of hydrogen-bond donors (Lipinski definition) is 1. The summed E-state index contributed by atoms with van der Waals surface area (Å²) in [6.07, 6.45) is 0.109. The summed E-state index contributed by atoms with van der Waals surface area (Å²) in [4.78, 5) is 26.5. The summed E-state index contributed by atoms with van der Waals surface area (Å²) in [5.74, 6) is -0.889. The van der Waals surface area contributed by atoms with Crippen molar-refractivity contribution in [1.82, 2.24) is 0 Å². The number of nitrogens with zero attached hydrogens (tertiary/aromatic N) is 1. The number of hydrogen-bond acceptors (Lipinski definition) is 2. The van der Waals surface area contributed by atoms with Gasteiger partial charge >= 0.3 is 0 Å². The zero-order chi connectivity index (χ0) is 19.0. The van der Waals surface area contributed by atoms with E-state index in [1.165, 1.54) is 4.90 Å². The first-order valence-electron chi connectivity index (χ1n) is 7.78. The van der Waals surface area contributed by atoms with Crippen LogP contribution in [0.5, 0.6) is 0 Å². The van der Waals surface area contributed by atoms with Gasteiger partial charge in [0.1, 0.15) is 0 Å². The van der Waals surface area contributed by atoms with Crippen molar-refractivity contribution in [2.45, 2.75) is 13.3 Å². The van der Waals surface area contributed by atoms with Crippen LogP contribution in [0.1, 0.15) is 12.0 Å². The van der Waals surface area contributed by atoms with E-state index >= 15 is 0 Å². The molecular weight excluding hydrogens is 462 g/mol. The van der Waals surface area contributed by atoms with Gasteiger partial charge in [0.15, 0.2) is 0 Å². The van der Waals surface area contributed by atoms with Crippen LogP contribution in [0.15, 0.2) is 34.8 Å². The summed E-state index contributed by atoms with van der Waals surface area (Å²) in [6, 6.07) is 8.42. The van der Waals surface area contributed by atoms with Gasteiger partial charge in [0, 0.05) is 28.1 Å². The van der Waals surface area contributed by atoms with Crippen molar-refractivity contribution in [3.63, 3.8) is 0 Å². The van der Waals surface area contributed by atoms with Crippen LogP contribution in [-0.2, 0) is 9.59 Å². The molecule has 1 heterocycles. The molecule has 4 nitrogen and oxygen atoms in total. The second-order valence-electron chi connectivity index (χ2n) is 6.07. The van der Waals surface area contributed by atoms with Gasteiger partial charge in [-0.05, 0) is 58.7 Å². The molecule has 0 bridgehead atoms. The van der Waals surface area contributed by atoms with E-state index in [9.17, 15) is 9.59 Å². The summed E-state index contributed by atoms with van der Waals surface area (Å²) < 4.78 is 0.757. The number of amides is 2. The predicted molar refractivity (Wildman–Crippen MR) is 109 cm³/mol. The predicted octanol–water partition coefficient (Wildman–Crippen LogP) is 5.71. The van der Waals surface area contributed by atoms with Crippen molar-refractivity contribution in [2.24, 2.45) is 5.92 Å². The minimum Gasteiger partial charge on any atom is -0.325 e. The molecule has 0 unspecified atom stereocenters. The number of benzene rings is 2. The van der Waals surface area contributed by atoms with Crippen LogP contribution in [0, 0.1) is 12.8 Å². The monoisotopic (exact) mass is 474 g/mol. The average molecular weight is 477 g/mol. The Kier molecular flexibility index (Phi) is 5.82. The van der Waals surface area contributed by atoms with Gasteiger partial charge < -0.3 is 10.2 Å². The number of anilines is 2. The number of rotatable bonds is 3. The summed E-state index contributed by atoms with van der Waals surface area (Å²) in [6.45, 7) is 2.11. The number of halogens is 4. The van der Waals surface area contributed by atoms with Crippen molar-refractivity contribution in [1.29, 1.82) is 0 Å². The van der Waals surface area contributed by atoms with Gasteiger partial charge in [-0.1, -0.05) is 34.8 Å². The lowest BCUT2D eigenvalue weighted by atomic mass is 10.1. The lowest BCUT2D eigenvalue weighted by Crippen LogP contribution is -2.28. The molecule has 26 heavy (non-hydrogen) atoms. The Balaban J connectivity index is 1.77. The van der Waals surface area contributed by atoms with Gasteiger partial charge in [-0.2, -0.15) is 0 Å². The molecule has 8 heteroatoms.